The SMILES string of the molecule is CC(C)(C)c1cc(NC(=O)Nc2ccc(NC(=O)c3ccc4sccc4c3)cc2)no1. The lowest BCUT2D eigenvalue weighted by molar-refractivity contribution is 0.102. The lowest BCUT2D eigenvalue weighted by atomic mass is 9.93. The molecule has 0 aliphatic rings. The van der Waals surface area contributed by atoms with Gasteiger partial charge in [-0.1, -0.05) is 25.9 Å². The number of nitrogens with zero attached hydrogens (tertiary/aromatic N) is 1. The highest BCUT2D eigenvalue weighted by Gasteiger charge is 2.20. The number of amides is 3. The van der Waals surface area contributed by atoms with Crippen LogP contribution in [-0.4, -0.2) is 17.1 Å². The molecule has 8 heteroatoms. The number of carbonyl (C=O) groups is 2. The number of fused-ring (bicyclic) bond motifs is 1. The van der Waals surface area contributed by atoms with Gasteiger partial charge in [0.2, 0.25) is 0 Å². The molecular formula is C23H22N4O3S. The number of hydrogen-bond acceptors (Lipinski definition) is 5. The van der Waals surface area contributed by atoms with E-state index < -0.39 is 6.03 Å². The van der Waals surface area contributed by atoms with Gasteiger partial charge in [-0.25, -0.2) is 4.79 Å². The van der Waals surface area contributed by atoms with Gasteiger partial charge in [-0.3, -0.25) is 10.1 Å². The molecule has 2 aromatic carbocycles. The number of rotatable bonds is 4. The van der Waals surface area contributed by atoms with Crippen molar-refractivity contribution in [2.24, 2.45) is 0 Å². The minimum atomic E-state index is -0.436. The Morgan fingerprint density at radius 2 is 1.61 bits per heavy atom. The van der Waals surface area contributed by atoms with Crippen LogP contribution in [-0.2, 0) is 5.41 Å². The summed E-state index contributed by atoms with van der Waals surface area (Å²) in [6.45, 7) is 5.99. The smallest absolute Gasteiger partial charge is 0.324 e. The molecule has 0 saturated heterocycles. The molecule has 0 aliphatic heterocycles. The van der Waals surface area contributed by atoms with E-state index in [-0.39, 0.29) is 11.3 Å². The maximum absolute atomic E-state index is 12.5. The van der Waals surface area contributed by atoms with Crippen molar-refractivity contribution < 1.29 is 14.1 Å². The van der Waals surface area contributed by atoms with Crippen LogP contribution in [0.2, 0.25) is 0 Å². The average Bonchev–Trinajstić information content (AvgIpc) is 3.38. The van der Waals surface area contributed by atoms with Crippen molar-refractivity contribution in [3.63, 3.8) is 0 Å². The molecule has 0 spiro atoms. The van der Waals surface area contributed by atoms with Gasteiger partial charge in [0.1, 0.15) is 5.76 Å². The van der Waals surface area contributed by atoms with Crippen LogP contribution in [0.4, 0.5) is 22.0 Å². The Morgan fingerprint density at radius 1 is 0.903 bits per heavy atom. The summed E-state index contributed by atoms with van der Waals surface area (Å²) < 4.78 is 6.40. The second kappa shape index (κ2) is 8.23. The summed E-state index contributed by atoms with van der Waals surface area (Å²) in [5.74, 6) is 0.835. The summed E-state index contributed by atoms with van der Waals surface area (Å²) in [4.78, 5) is 24.7. The summed E-state index contributed by atoms with van der Waals surface area (Å²) in [6.07, 6.45) is 0. The monoisotopic (exact) mass is 434 g/mol. The second-order valence-electron chi connectivity index (χ2n) is 8.11. The fraction of sp³-hybridized carbons (Fsp3) is 0.174. The van der Waals surface area contributed by atoms with Gasteiger partial charge in [0.05, 0.1) is 0 Å². The highest BCUT2D eigenvalue weighted by Crippen LogP contribution is 2.25. The van der Waals surface area contributed by atoms with Gasteiger partial charge < -0.3 is 15.2 Å². The van der Waals surface area contributed by atoms with Gasteiger partial charge in [0.15, 0.2) is 5.82 Å². The highest BCUT2D eigenvalue weighted by molar-refractivity contribution is 7.17. The van der Waals surface area contributed by atoms with E-state index in [9.17, 15) is 9.59 Å². The third-order valence-electron chi connectivity index (χ3n) is 4.61. The van der Waals surface area contributed by atoms with Crippen molar-refractivity contribution in [3.05, 3.63) is 71.3 Å². The molecule has 4 aromatic rings. The molecule has 0 unspecified atom stereocenters. The van der Waals surface area contributed by atoms with Crippen LogP contribution < -0.4 is 16.0 Å². The minimum Gasteiger partial charge on any atom is -0.359 e. The van der Waals surface area contributed by atoms with Crippen molar-refractivity contribution in [1.29, 1.82) is 0 Å². The van der Waals surface area contributed by atoms with E-state index in [1.807, 2.05) is 50.4 Å². The van der Waals surface area contributed by atoms with Gasteiger partial charge in [0.25, 0.3) is 5.91 Å². The molecule has 2 heterocycles. The molecule has 0 atom stereocenters. The lowest BCUT2D eigenvalue weighted by Gasteiger charge is -2.12. The fourth-order valence-electron chi connectivity index (χ4n) is 2.91. The van der Waals surface area contributed by atoms with Crippen molar-refractivity contribution >= 4 is 50.6 Å². The number of nitrogens with one attached hydrogen (secondary N) is 3. The van der Waals surface area contributed by atoms with Crippen LogP contribution in [0.25, 0.3) is 10.1 Å². The maximum atomic E-state index is 12.5. The summed E-state index contributed by atoms with van der Waals surface area (Å²) in [6, 6.07) is 15.8. The van der Waals surface area contributed by atoms with Crippen LogP contribution >= 0.6 is 11.3 Å². The zero-order valence-corrected chi connectivity index (χ0v) is 18.2. The van der Waals surface area contributed by atoms with E-state index in [0.29, 0.717) is 28.5 Å². The van der Waals surface area contributed by atoms with Crippen LogP contribution in [0.15, 0.2) is 64.5 Å². The Kier molecular flexibility index (Phi) is 5.48. The third kappa shape index (κ3) is 4.92. The van der Waals surface area contributed by atoms with Gasteiger partial charge in [-0.2, -0.15) is 0 Å². The van der Waals surface area contributed by atoms with Crippen molar-refractivity contribution in [3.8, 4) is 0 Å². The zero-order valence-electron chi connectivity index (χ0n) is 17.4. The number of urea groups is 1. The Labute approximate surface area is 183 Å². The topological polar surface area (TPSA) is 96.3 Å². The van der Waals surface area contributed by atoms with Crippen molar-refractivity contribution in [2.75, 3.05) is 16.0 Å². The summed E-state index contributed by atoms with van der Waals surface area (Å²) >= 11 is 1.64. The number of carbonyl (C=O) groups excluding carboxylic acids is 2. The highest BCUT2D eigenvalue weighted by atomic mass is 32.1. The summed E-state index contributed by atoms with van der Waals surface area (Å²) in [7, 11) is 0. The molecular weight excluding hydrogens is 412 g/mol. The fourth-order valence-corrected chi connectivity index (χ4v) is 3.69. The van der Waals surface area contributed by atoms with Gasteiger partial charge in [-0.05, 0) is 59.3 Å². The van der Waals surface area contributed by atoms with Gasteiger partial charge in [0, 0.05) is 33.1 Å². The molecule has 0 fully saturated rings. The maximum Gasteiger partial charge on any atom is 0.324 e. The predicted molar refractivity (Wildman–Crippen MR) is 124 cm³/mol. The minimum absolute atomic E-state index is 0.188. The molecule has 31 heavy (non-hydrogen) atoms. The number of thiophene rings is 1. The standard InChI is InChI=1S/C23H22N4O3S/c1-23(2,3)19-13-20(27-30-19)26-22(29)25-17-7-5-16(6-8-17)24-21(28)15-4-9-18-14(12-15)10-11-31-18/h4-13H,1-3H3,(H,24,28)(H2,25,26,27,29). The average molecular weight is 435 g/mol. The molecule has 0 radical (unpaired) electrons. The zero-order chi connectivity index (χ0) is 22.0. The third-order valence-corrected chi connectivity index (χ3v) is 5.50. The number of benzene rings is 2. The number of hydrogen-bond donors (Lipinski definition) is 3. The van der Waals surface area contributed by atoms with Crippen LogP contribution in [0, 0.1) is 0 Å². The van der Waals surface area contributed by atoms with Crippen LogP contribution in [0.3, 0.4) is 0 Å². The van der Waals surface area contributed by atoms with Gasteiger partial charge >= 0.3 is 6.03 Å². The molecule has 2 aromatic heterocycles. The van der Waals surface area contributed by atoms with Crippen LogP contribution in [0.1, 0.15) is 36.9 Å². The normalized spacial score (nSPS) is 11.3. The van der Waals surface area contributed by atoms with E-state index in [2.05, 4.69) is 21.1 Å². The van der Waals surface area contributed by atoms with E-state index in [1.165, 1.54) is 0 Å². The first-order valence-electron chi connectivity index (χ1n) is 9.72. The first kappa shape index (κ1) is 20.6. The quantitative estimate of drug-likeness (QED) is 0.362. The molecule has 4 rings (SSSR count). The summed E-state index contributed by atoms with van der Waals surface area (Å²) in [5.41, 5.74) is 1.61. The van der Waals surface area contributed by atoms with Crippen molar-refractivity contribution in [1.82, 2.24) is 5.16 Å². The van der Waals surface area contributed by atoms with Crippen LogP contribution in [0.5, 0.6) is 0 Å². The molecule has 7 nitrogen and oxygen atoms in total. The largest absolute Gasteiger partial charge is 0.359 e. The molecule has 3 amide bonds. The summed E-state index contributed by atoms with van der Waals surface area (Å²) in [5, 5.41) is 15.1. The molecule has 158 valence electrons. The molecule has 0 saturated carbocycles. The Bertz CT molecular complexity index is 1240. The van der Waals surface area contributed by atoms with E-state index in [0.717, 1.165) is 10.1 Å². The Hall–Kier alpha value is -3.65. The van der Waals surface area contributed by atoms with Gasteiger partial charge in [-0.15, -0.1) is 11.3 Å². The number of aromatic nitrogens is 1. The first-order chi connectivity index (χ1) is 14.8. The molecule has 3 N–H and O–H groups in total. The Morgan fingerprint density at radius 3 is 2.29 bits per heavy atom. The van der Waals surface area contributed by atoms with E-state index in [1.54, 1.807) is 41.7 Å². The molecule has 0 aliphatic carbocycles. The first-order valence-corrected chi connectivity index (χ1v) is 10.6. The van der Waals surface area contributed by atoms with E-state index in [4.69, 9.17) is 4.52 Å². The Balaban J connectivity index is 1.34. The lowest BCUT2D eigenvalue weighted by Crippen LogP contribution is -2.19. The van der Waals surface area contributed by atoms with E-state index >= 15 is 0 Å². The molecule has 0 bridgehead atoms. The number of anilines is 3. The van der Waals surface area contributed by atoms with Crippen molar-refractivity contribution in [2.45, 2.75) is 26.2 Å². The predicted octanol–water partition coefficient (Wildman–Crippen LogP) is 6.08. The second-order valence-corrected chi connectivity index (χ2v) is 9.06.